The maximum Gasteiger partial charge on any atom is 0.318 e. The second-order valence-corrected chi connectivity index (χ2v) is 5.70. The standard InChI is InChI=1S/C12H19N9O3/c13-4-3-9-15-19-21(18-9)6-10(22)16-17-11(23)8-2-1-7-5-20(8)12(24)14-7/h7-8H,1-6,13H2,(H,14,24)(H,16,22)(H,17,23)/t7?,8-/m0/s1. The van der Waals surface area contributed by atoms with Gasteiger partial charge in [-0.2, -0.15) is 4.80 Å². The van der Waals surface area contributed by atoms with Gasteiger partial charge in [0, 0.05) is 19.0 Å². The number of nitrogens with zero attached hydrogens (tertiary/aromatic N) is 5. The highest BCUT2D eigenvalue weighted by Gasteiger charge is 2.41. The third-order valence-electron chi connectivity index (χ3n) is 3.95. The lowest BCUT2D eigenvalue weighted by Gasteiger charge is -2.29. The van der Waals surface area contributed by atoms with E-state index in [1.54, 1.807) is 0 Å². The molecule has 5 N–H and O–H groups in total. The normalized spacial score (nSPS) is 22.2. The molecule has 0 aliphatic carbocycles. The second-order valence-electron chi connectivity index (χ2n) is 5.70. The van der Waals surface area contributed by atoms with Crippen molar-refractivity contribution in [3.63, 3.8) is 0 Å². The predicted molar refractivity (Wildman–Crippen MR) is 78.9 cm³/mol. The third kappa shape index (κ3) is 3.42. The van der Waals surface area contributed by atoms with Gasteiger partial charge >= 0.3 is 6.03 Å². The highest BCUT2D eigenvalue weighted by molar-refractivity contribution is 5.90. The number of carbonyl (C=O) groups is 3. The molecule has 0 saturated carbocycles. The first-order valence-corrected chi connectivity index (χ1v) is 7.69. The van der Waals surface area contributed by atoms with Gasteiger partial charge in [-0.3, -0.25) is 20.4 Å². The molecule has 3 rings (SSSR count). The van der Waals surface area contributed by atoms with Crippen molar-refractivity contribution in [2.45, 2.75) is 37.9 Å². The van der Waals surface area contributed by atoms with Crippen molar-refractivity contribution in [1.29, 1.82) is 0 Å². The number of hydrazine groups is 1. The molecule has 2 fully saturated rings. The van der Waals surface area contributed by atoms with E-state index in [1.807, 2.05) is 0 Å². The highest BCUT2D eigenvalue weighted by Crippen LogP contribution is 2.22. The van der Waals surface area contributed by atoms with Crippen LogP contribution in [0, 0.1) is 0 Å². The quantitative estimate of drug-likeness (QED) is 0.413. The smallest absolute Gasteiger partial charge is 0.318 e. The third-order valence-corrected chi connectivity index (χ3v) is 3.95. The minimum Gasteiger partial charge on any atom is -0.333 e. The number of hydrogen-bond acceptors (Lipinski definition) is 7. The number of carbonyl (C=O) groups excluding carboxylic acids is 3. The van der Waals surface area contributed by atoms with Gasteiger partial charge in [-0.05, 0) is 24.6 Å². The molecule has 2 aliphatic rings. The summed E-state index contributed by atoms with van der Waals surface area (Å²) in [5, 5.41) is 14.2. The van der Waals surface area contributed by atoms with Crippen LogP contribution in [0.1, 0.15) is 18.7 Å². The maximum absolute atomic E-state index is 12.2. The summed E-state index contributed by atoms with van der Waals surface area (Å²) >= 11 is 0. The monoisotopic (exact) mass is 337 g/mol. The minimum absolute atomic E-state index is 0.109. The summed E-state index contributed by atoms with van der Waals surface area (Å²) in [4.78, 5) is 38.3. The zero-order valence-corrected chi connectivity index (χ0v) is 12.9. The van der Waals surface area contributed by atoms with Crippen LogP contribution in [0.2, 0.25) is 0 Å². The fourth-order valence-electron chi connectivity index (χ4n) is 2.80. The van der Waals surface area contributed by atoms with E-state index >= 15 is 0 Å². The topological polar surface area (TPSA) is 160 Å². The molecule has 130 valence electrons. The van der Waals surface area contributed by atoms with Gasteiger partial charge in [-0.1, -0.05) is 0 Å². The van der Waals surface area contributed by atoms with Crippen LogP contribution < -0.4 is 21.9 Å². The van der Waals surface area contributed by atoms with Crippen molar-refractivity contribution in [3.8, 4) is 0 Å². The molecule has 2 atom stereocenters. The van der Waals surface area contributed by atoms with Crippen LogP contribution in [0.4, 0.5) is 4.79 Å². The number of urea groups is 1. The maximum atomic E-state index is 12.2. The lowest BCUT2D eigenvalue weighted by Crippen LogP contribution is -2.54. The van der Waals surface area contributed by atoms with Crippen molar-refractivity contribution in [3.05, 3.63) is 5.82 Å². The Morgan fingerprint density at radius 1 is 1.33 bits per heavy atom. The molecule has 12 heteroatoms. The van der Waals surface area contributed by atoms with Crippen molar-refractivity contribution >= 4 is 17.8 Å². The van der Waals surface area contributed by atoms with Gasteiger partial charge in [-0.25, -0.2) is 4.79 Å². The van der Waals surface area contributed by atoms with Crippen molar-refractivity contribution in [2.75, 3.05) is 13.1 Å². The summed E-state index contributed by atoms with van der Waals surface area (Å²) in [7, 11) is 0. The fourth-order valence-corrected chi connectivity index (χ4v) is 2.80. The molecule has 2 bridgehead atoms. The van der Waals surface area contributed by atoms with E-state index in [9.17, 15) is 14.4 Å². The van der Waals surface area contributed by atoms with E-state index < -0.39 is 17.9 Å². The second kappa shape index (κ2) is 6.78. The number of fused-ring (bicyclic) bond motifs is 2. The van der Waals surface area contributed by atoms with Crippen LogP contribution in [0.3, 0.4) is 0 Å². The molecule has 3 heterocycles. The van der Waals surface area contributed by atoms with Crippen LogP contribution in [0.15, 0.2) is 0 Å². The molecule has 12 nitrogen and oxygen atoms in total. The zero-order valence-electron chi connectivity index (χ0n) is 12.9. The lowest BCUT2D eigenvalue weighted by atomic mass is 10.0. The van der Waals surface area contributed by atoms with Crippen LogP contribution in [-0.4, -0.2) is 68.1 Å². The molecule has 1 aromatic rings. The number of nitrogens with one attached hydrogen (secondary N) is 3. The molecular formula is C12H19N9O3. The summed E-state index contributed by atoms with van der Waals surface area (Å²) in [5.74, 6) is -0.472. The van der Waals surface area contributed by atoms with Crippen LogP contribution >= 0.6 is 0 Å². The molecular weight excluding hydrogens is 318 g/mol. The first-order chi connectivity index (χ1) is 11.6. The Hall–Kier alpha value is -2.76. The Balaban J connectivity index is 1.47. The molecule has 24 heavy (non-hydrogen) atoms. The highest BCUT2D eigenvalue weighted by atomic mass is 16.2. The molecule has 4 amide bonds. The Morgan fingerprint density at radius 3 is 2.96 bits per heavy atom. The van der Waals surface area contributed by atoms with Gasteiger partial charge in [-0.15, -0.1) is 10.2 Å². The van der Waals surface area contributed by atoms with Crippen LogP contribution in [-0.2, 0) is 22.6 Å². The summed E-state index contributed by atoms with van der Waals surface area (Å²) in [6, 6.07) is -0.717. The Morgan fingerprint density at radius 2 is 2.17 bits per heavy atom. The molecule has 2 saturated heterocycles. The average Bonchev–Trinajstić information content (AvgIpc) is 3.10. The van der Waals surface area contributed by atoms with Gasteiger partial charge in [0.25, 0.3) is 11.8 Å². The van der Waals surface area contributed by atoms with Crippen LogP contribution in [0.25, 0.3) is 0 Å². The van der Waals surface area contributed by atoms with E-state index in [0.717, 1.165) is 11.2 Å². The first kappa shape index (κ1) is 16.1. The molecule has 1 aromatic heterocycles. The number of aromatic nitrogens is 4. The Kier molecular flexibility index (Phi) is 4.55. The summed E-state index contributed by atoms with van der Waals surface area (Å²) < 4.78 is 0. The number of hydrogen-bond donors (Lipinski definition) is 4. The average molecular weight is 337 g/mol. The first-order valence-electron chi connectivity index (χ1n) is 7.69. The molecule has 0 aromatic carbocycles. The largest absolute Gasteiger partial charge is 0.333 e. The van der Waals surface area contributed by atoms with Crippen molar-refractivity contribution in [2.24, 2.45) is 5.73 Å². The molecule has 0 spiro atoms. The van der Waals surface area contributed by atoms with E-state index in [4.69, 9.17) is 5.73 Å². The Labute approximate surface area is 137 Å². The lowest BCUT2D eigenvalue weighted by molar-refractivity contribution is -0.132. The predicted octanol–water partition coefficient (Wildman–Crippen LogP) is -3.12. The van der Waals surface area contributed by atoms with Crippen molar-refractivity contribution in [1.82, 2.24) is 41.3 Å². The van der Waals surface area contributed by atoms with E-state index in [-0.39, 0.29) is 18.6 Å². The summed E-state index contributed by atoms with van der Waals surface area (Å²) in [6.07, 6.45) is 1.76. The van der Waals surface area contributed by atoms with E-state index in [1.165, 1.54) is 4.90 Å². The van der Waals surface area contributed by atoms with E-state index in [0.29, 0.717) is 31.8 Å². The van der Waals surface area contributed by atoms with Gasteiger partial charge in [0.05, 0.1) is 0 Å². The van der Waals surface area contributed by atoms with Gasteiger partial charge < -0.3 is 16.0 Å². The molecule has 1 unspecified atom stereocenters. The zero-order chi connectivity index (χ0) is 17.1. The fraction of sp³-hybridized carbons (Fsp3) is 0.667. The number of amides is 4. The molecule has 0 radical (unpaired) electrons. The van der Waals surface area contributed by atoms with E-state index in [2.05, 4.69) is 31.6 Å². The van der Waals surface area contributed by atoms with Gasteiger partial charge in [0.1, 0.15) is 12.6 Å². The number of nitrogens with two attached hydrogens (primary N) is 1. The Bertz CT molecular complexity index is 645. The number of piperidine rings is 1. The summed E-state index contributed by atoms with van der Waals surface area (Å²) in [6.45, 7) is 0.715. The van der Waals surface area contributed by atoms with Gasteiger partial charge in [0.2, 0.25) is 0 Å². The van der Waals surface area contributed by atoms with Gasteiger partial charge in [0.15, 0.2) is 5.82 Å². The van der Waals surface area contributed by atoms with Crippen molar-refractivity contribution < 1.29 is 14.4 Å². The summed E-state index contributed by atoms with van der Waals surface area (Å²) in [5.41, 5.74) is 10.0. The van der Waals surface area contributed by atoms with Crippen LogP contribution in [0.5, 0.6) is 0 Å². The number of tetrazole rings is 1. The minimum atomic E-state index is -0.579. The number of rotatable bonds is 5. The SMILES string of the molecule is NCCc1nnn(CC(=O)NNC(=O)[C@@H]2CCC3CN2C(=O)N3)n1. The molecule has 2 aliphatic heterocycles.